The molecule has 0 aliphatic rings. The van der Waals surface area contributed by atoms with Gasteiger partial charge in [-0.25, -0.2) is 13.1 Å². The molecule has 0 aromatic heterocycles. The Balaban J connectivity index is 2.32. The first-order valence-corrected chi connectivity index (χ1v) is 9.05. The lowest BCUT2D eigenvalue weighted by molar-refractivity contribution is -0.263. The SMILES string of the molecule is COc1ccc(S(=O)(=O)NCC(O)(c2ccccc2)C(F)(F)F)cc1Cl. The standard InChI is InChI=1S/C16H15ClF3NO4S/c1-25-14-8-7-12(9-13(14)17)26(23,24)21-10-15(22,16(18,19)20)11-5-3-2-4-6-11/h2-9,21-22H,10H2,1H3. The van der Waals surface area contributed by atoms with Crippen LogP contribution in [0.3, 0.4) is 0 Å². The maximum absolute atomic E-state index is 13.4. The van der Waals surface area contributed by atoms with Crippen molar-refractivity contribution in [3.8, 4) is 5.75 Å². The largest absolute Gasteiger partial charge is 0.495 e. The number of alkyl halides is 3. The van der Waals surface area contributed by atoms with Gasteiger partial charge < -0.3 is 9.84 Å². The molecule has 0 saturated heterocycles. The van der Waals surface area contributed by atoms with Crippen LogP contribution in [0, 0.1) is 0 Å². The van der Waals surface area contributed by atoms with Crippen molar-refractivity contribution >= 4 is 21.6 Å². The lowest BCUT2D eigenvalue weighted by Gasteiger charge is -2.31. The van der Waals surface area contributed by atoms with Crippen LogP contribution < -0.4 is 9.46 Å². The Kier molecular flexibility index (Phi) is 5.86. The number of ether oxygens (including phenoxy) is 1. The molecule has 1 atom stereocenters. The summed E-state index contributed by atoms with van der Waals surface area (Å²) in [5.74, 6) is 0.210. The van der Waals surface area contributed by atoms with E-state index in [9.17, 15) is 26.7 Å². The third kappa shape index (κ3) is 4.12. The third-order valence-corrected chi connectivity index (χ3v) is 5.37. The van der Waals surface area contributed by atoms with Crippen LogP contribution in [0.5, 0.6) is 5.75 Å². The second-order valence-electron chi connectivity index (χ2n) is 5.34. The molecule has 10 heteroatoms. The van der Waals surface area contributed by atoms with Gasteiger partial charge in [0.05, 0.1) is 23.6 Å². The molecule has 26 heavy (non-hydrogen) atoms. The van der Waals surface area contributed by atoms with Crippen molar-refractivity contribution < 1.29 is 31.4 Å². The number of methoxy groups -OCH3 is 1. The van der Waals surface area contributed by atoms with Crippen molar-refractivity contribution in [3.05, 3.63) is 59.1 Å². The molecular formula is C16H15ClF3NO4S. The molecule has 0 radical (unpaired) electrons. The van der Waals surface area contributed by atoms with Crippen LogP contribution >= 0.6 is 11.6 Å². The molecule has 2 aromatic rings. The molecule has 0 bridgehead atoms. The monoisotopic (exact) mass is 409 g/mol. The predicted molar refractivity (Wildman–Crippen MR) is 89.6 cm³/mol. The first-order valence-electron chi connectivity index (χ1n) is 7.19. The maximum atomic E-state index is 13.4. The van der Waals surface area contributed by atoms with Crippen molar-refractivity contribution in [3.63, 3.8) is 0 Å². The van der Waals surface area contributed by atoms with E-state index in [1.165, 1.54) is 31.4 Å². The lowest BCUT2D eigenvalue weighted by atomic mass is 9.93. The highest BCUT2D eigenvalue weighted by Gasteiger charge is 2.55. The number of sulfonamides is 1. The average Bonchev–Trinajstić information content (AvgIpc) is 2.59. The van der Waals surface area contributed by atoms with Crippen molar-refractivity contribution in [2.45, 2.75) is 16.7 Å². The second kappa shape index (κ2) is 7.43. The minimum atomic E-state index is -5.10. The van der Waals surface area contributed by atoms with Gasteiger partial charge in [-0.3, -0.25) is 0 Å². The molecule has 0 saturated carbocycles. The van der Waals surface area contributed by atoms with E-state index in [4.69, 9.17) is 16.3 Å². The zero-order valence-electron chi connectivity index (χ0n) is 13.4. The van der Waals surface area contributed by atoms with E-state index in [0.717, 1.165) is 24.3 Å². The van der Waals surface area contributed by atoms with E-state index in [1.807, 2.05) is 0 Å². The predicted octanol–water partition coefficient (Wildman–Crippen LogP) is 3.08. The average molecular weight is 410 g/mol. The maximum Gasteiger partial charge on any atom is 0.422 e. The second-order valence-corrected chi connectivity index (χ2v) is 7.52. The van der Waals surface area contributed by atoms with Gasteiger partial charge in [-0.1, -0.05) is 41.9 Å². The van der Waals surface area contributed by atoms with E-state index in [0.29, 0.717) is 0 Å². The van der Waals surface area contributed by atoms with Crippen molar-refractivity contribution in [2.24, 2.45) is 0 Å². The van der Waals surface area contributed by atoms with Crippen LogP contribution in [-0.2, 0) is 15.6 Å². The van der Waals surface area contributed by atoms with Gasteiger partial charge in [0.2, 0.25) is 10.0 Å². The molecule has 2 N–H and O–H groups in total. The molecule has 0 heterocycles. The molecule has 1 unspecified atom stereocenters. The fraction of sp³-hybridized carbons (Fsp3) is 0.250. The Labute approximate surface area is 153 Å². The van der Waals surface area contributed by atoms with Crippen LogP contribution in [-0.4, -0.2) is 33.4 Å². The first kappa shape index (κ1) is 20.5. The molecule has 142 valence electrons. The summed E-state index contributed by atoms with van der Waals surface area (Å²) in [4.78, 5) is -0.360. The molecule has 5 nitrogen and oxygen atoms in total. The summed E-state index contributed by atoms with van der Waals surface area (Å²) in [6.45, 7) is -1.30. The van der Waals surface area contributed by atoms with E-state index in [2.05, 4.69) is 0 Å². The van der Waals surface area contributed by atoms with Gasteiger partial charge >= 0.3 is 6.18 Å². The number of benzene rings is 2. The van der Waals surface area contributed by atoms with Crippen molar-refractivity contribution in [1.29, 1.82) is 0 Å². The Bertz CT molecular complexity index is 875. The van der Waals surface area contributed by atoms with Crippen LogP contribution in [0.1, 0.15) is 5.56 Å². The number of aliphatic hydroxyl groups is 1. The van der Waals surface area contributed by atoms with Gasteiger partial charge in [0.25, 0.3) is 0 Å². The van der Waals surface area contributed by atoms with Crippen LogP contribution in [0.4, 0.5) is 13.2 Å². The molecular weight excluding hydrogens is 395 g/mol. The number of hydrogen-bond acceptors (Lipinski definition) is 4. The minimum absolute atomic E-state index is 0.0236. The number of nitrogens with one attached hydrogen (secondary N) is 1. The van der Waals surface area contributed by atoms with Gasteiger partial charge in [-0.05, 0) is 23.8 Å². The Morgan fingerprint density at radius 2 is 1.77 bits per heavy atom. The molecule has 0 aliphatic heterocycles. The molecule has 0 spiro atoms. The normalized spacial score (nSPS) is 14.7. The topological polar surface area (TPSA) is 75.6 Å². The lowest BCUT2D eigenvalue weighted by Crippen LogP contribution is -2.51. The fourth-order valence-corrected chi connectivity index (χ4v) is 3.59. The van der Waals surface area contributed by atoms with Gasteiger partial charge in [0.15, 0.2) is 5.60 Å². The van der Waals surface area contributed by atoms with Gasteiger partial charge in [-0.15, -0.1) is 0 Å². The third-order valence-electron chi connectivity index (χ3n) is 3.67. The zero-order valence-corrected chi connectivity index (χ0v) is 15.0. The quantitative estimate of drug-likeness (QED) is 0.768. The summed E-state index contributed by atoms with van der Waals surface area (Å²) in [7, 11) is -3.03. The van der Waals surface area contributed by atoms with Gasteiger partial charge in [0.1, 0.15) is 5.75 Å². The summed E-state index contributed by atoms with van der Waals surface area (Å²) in [5, 5.41) is 10.1. The highest BCUT2D eigenvalue weighted by atomic mass is 35.5. The van der Waals surface area contributed by atoms with E-state index in [1.54, 1.807) is 4.72 Å². The van der Waals surface area contributed by atoms with Crippen molar-refractivity contribution in [1.82, 2.24) is 4.72 Å². The zero-order chi connectivity index (χ0) is 19.6. The fourth-order valence-electron chi connectivity index (χ4n) is 2.18. The molecule has 0 aliphatic carbocycles. The summed E-state index contributed by atoms with van der Waals surface area (Å²) < 4.78 is 71.5. The summed E-state index contributed by atoms with van der Waals surface area (Å²) in [6, 6.07) is 9.65. The molecule has 0 fully saturated rings. The van der Waals surface area contributed by atoms with E-state index < -0.39 is 33.9 Å². The Morgan fingerprint density at radius 1 is 1.15 bits per heavy atom. The Hall–Kier alpha value is -1.81. The van der Waals surface area contributed by atoms with Crippen LogP contribution in [0.25, 0.3) is 0 Å². The smallest absolute Gasteiger partial charge is 0.422 e. The van der Waals surface area contributed by atoms with E-state index in [-0.39, 0.29) is 15.7 Å². The number of rotatable bonds is 6. The van der Waals surface area contributed by atoms with Crippen LogP contribution in [0.2, 0.25) is 5.02 Å². The first-order chi connectivity index (χ1) is 12.0. The molecule has 2 aromatic carbocycles. The number of hydrogen-bond donors (Lipinski definition) is 2. The highest BCUT2D eigenvalue weighted by molar-refractivity contribution is 7.89. The summed E-state index contributed by atoms with van der Waals surface area (Å²) in [5.41, 5.74) is -3.87. The van der Waals surface area contributed by atoms with Crippen LogP contribution in [0.15, 0.2) is 53.4 Å². The molecule has 2 rings (SSSR count). The van der Waals surface area contributed by atoms with E-state index >= 15 is 0 Å². The van der Waals surface area contributed by atoms with Crippen molar-refractivity contribution in [2.75, 3.05) is 13.7 Å². The van der Waals surface area contributed by atoms with Gasteiger partial charge in [0, 0.05) is 0 Å². The number of halogens is 4. The summed E-state index contributed by atoms with van der Waals surface area (Å²) >= 11 is 5.85. The molecule has 0 amide bonds. The van der Waals surface area contributed by atoms with Gasteiger partial charge in [-0.2, -0.15) is 13.2 Å². The minimum Gasteiger partial charge on any atom is -0.495 e. The summed E-state index contributed by atoms with van der Waals surface area (Å²) in [6.07, 6.45) is -5.10. The highest BCUT2D eigenvalue weighted by Crippen LogP contribution is 2.38. The Morgan fingerprint density at radius 3 is 2.27 bits per heavy atom.